The van der Waals surface area contributed by atoms with Gasteiger partial charge in [0.1, 0.15) is 5.76 Å². The van der Waals surface area contributed by atoms with E-state index in [1.807, 2.05) is 0 Å². The average Bonchev–Trinajstić information content (AvgIpc) is 3.16. The fourth-order valence-electron chi connectivity index (χ4n) is 2.65. The number of amides is 2. The van der Waals surface area contributed by atoms with Crippen LogP contribution in [0.25, 0.3) is 0 Å². The third-order valence-corrected chi connectivity index (χ3v) is 7.76. The summed E-state index contributed by atoms with van der Waals surface area (Å²) in [6.45, 7) is 1.65. The third-order valence-electron chi connectivity index (χ3n) is 3.85. The summed E-state index contributed by atoms with van der Waals surface area (Å²) in [5, 5.41) is 3.60. The number of hydrogen-bond acceptors (Lipinski definition) is 8. The minimum Gasteiger partial charge on any atom is -0.360 e. The van der Waals surface area contributed by atoms with E-state index in [0.717, 1.165) is 16.4 Å². The Labute approximate surface area is 163 Å². The number of imide groups is 1. The van der Waals surface area contributed by atoms with Gasteiger partial charge >= 0.3 is 0 Å². The first kappa shape index (κ1) is 18.1. The molecule has 140 valence electrons. The van der Waals surface area contributed by atoms with Gasteiger partial charge in [0.05, 0.1) is 20.4 Å². The van der Waals surface area contributed by atoms with Gasteiger partial charge in [-0.2, -0.15) is 0 Å². The summed E-state index contributed by atoms with van der Waals surface area (Å²) >= 11 is 2.76. The number of aromatic nitrogens is 1. The van der Waals surface area contributed by atoms with E-state index in [4.69, 9.17) is 4.52 Å². The smallest absolute Gasteiger partial charge is 0.273 e. The van der Waals surface area contributed by atoms with E-state index in [0.29, 0.717) is 21.3 Å². The second-order valence-electron chi connectivity index (χ2n) is 5.72. The monoisotopic (exact) mass is 423 g/mol. The fourth-order valence-corrected chi connectivity index (χ4v) is 5.93. The molecule has 2 aliphatic heterocycles. The lowest BCUT2D eigenvalue weighted by molar-refractivity contribution is -0.120. The molecule has 0 saturated carbocycles. The summed E-state index contributed by atoms with van der Waals surface area (Å²) in [5.41, 5.74) is 0.330. The predicted octanol–water partition coefficient (Wildman–Crippen LogP) is 2.35. The molecule has 2 amide bonds. The zero-order valence-corrected chi connectivity index (χ0v) is 16.4. The number of sulfonamides is 1. The molecule has 4 rings (SSSR count). The van der Waals surface area contributed by atoms with Crippen LogP contribution in [0.3, 0.4) is 0 Å². The lowest BCUT2D eigenvalue weighted by Crippen LogP contribution is -2.31. The SMILES string of the molecule is Cc1cc(NS(=O)(=O)c2ccc(N3C(=O)C4=C(SCCS4)C3=O)cc2)no1. The number of rotatable bonds is 4. The van der Waals surface area contributed by atoms with Crippen molar-refractivity contribution in [2.45, 2.75) is 11.8 Å². The number of nitrogens with one attached hydrogen (secondary N) is 1. The maximum Gasteiger partial charge on any atom is 0.273 e. The molecule has 27 heavy (non-hydrogen) atoms. The Morgan fingerprint density at radius 1 is 1.07 bits per heavy atom. The van der Waals surface area contributed by atoms with Crippen LogP contribution in [0.2, 0.25) is 0 Å². The Bertz CT molecular complexity index is 1040. The fraction of sp³-hybridized carbons (Fsp3) is 0.188. The molecule has 0 saturated heterocycles. The van der Waals surface area contributed by atoms with E-state index in [1.54, 1.807) is 6.92 Å². The van der Waals surface area contributed by atoms with Gasteiger partial charge in [-0.05, 0) is 31.2 Å². The minimum absolute atomic E-state index is 0.0209. The van der Waals surface area contributed by atoms with E-state index >= 15 is 0 Å². The Hall–Kier alpha value is -2.24. The van der Waals surface area contributed by atoms with E-state index in [9.17, 15) is 18.0 Å². The molecular weight excluding hydrogens is 410 g/mol. The van der Waals surface area contributed by atoms with Gasteiger partial charge in [-0.1, -0.05) is 5.16 Å². The Balaban J connectivity index is 1.58. The van der Waals surface area contributed by atoms with Gasteiger partial charge in [0, 0.05) is 17.6 Å². The van der Waals surface area contributed by atoms with Crippen molar-refractivity contribution in [2.75, 3.05) is 21.1 Å². The molecule has 1 aromatic heterocycles. The van der Waals surface area contributed by atoms with Crippen molar-refractivity contribution in [1.29, 1.82) is 0 Å². The van der Waals surface area contributed by atoms with E-state index < -0.39 is 10.0 Å². The van der Waals surface area contributed by atoms with Crippen LogP contribution in [0, 0.1) is 6.92 Å². The van der Waals surface area contributed by atoms with Crippen LogP contribution in [-0.2, 0) is 19.6 Å². The summed E-state index contributed by atoms with van der Waals surface area (Å²) in [7, 11) is -3.87. The Morgan fingerprint density at radius 2 is 1.67 bits per heavy atom. The standard InChI is InChI=1S/C16H13N3O5S3/c1-9-8-12(17-24-9)18-27(22,23)11-4-2-10(3-5-11)19-15(20)13-14(16(19)21)26-7-6-25-13/h2-5,8H,6-7H2,1H3,(H,17,18). The van der Waals surface area contributed by atoms with Crippen LogP contribution in [-0.4, -0.2) is 36.9 Å². The number of carbonyl (C=O) groups is 2. The highest BCUT2D eigenvalue weighted by molar-refractivity contribution is 8.11. The first-order valence-electron chi connectivity index (χ1n) is 7.82. The molecule has 0 atom stereocenters. The zero-order chi connectivity index (χ0) is 19.2. The number of hydrogen-bond donors (Lipinski definition) is 1. The number of anilines is 2. The lowest BCUT2D eigenvalue weighted by atomic mass is 10.3. The second-order valence-corrected chi connectivity index (χ2v) is 9.62. The van der Waals surface area contributed by atoms with Gasteiger partial charge < -0.3 is 4.52 Å². The van der Waals surface area contributed by atoms with Gasteiger partial charge in [0.15, 0.2) is 5.82 Å². The van der Waals surface area contributed by atoms with Crippen LogP contribution in [0.5, 0.6) is 0 Å². The van der Waals surface area contributed by atoms with Crippen LogP contribution in [0.15, 0.2) is 49.6 Å². The molecule has 2 aromatic rings. The molecule has 11 heteroatoms. The van der Waals surface area contributed by atoms with Crippen molar-refractivity contribution < 1.29 is 22.5 Å². The van der Waals surface area contributed by atoms with Crippen LogP contribution < -0.4 is 9.62 Å². The zero-order valence-electron chi connectivity index (χ0n) is 14.0. The molecule has 0 spiro atoms. The number of nitrogens with zero attached hydrogens (tertiary/aromatic N) is 2. The highest BCUT2D eigenvalue weighted by atomic mass is 32.2. The van der Waals surface area contributed by atoms with Gasteiger partial charge in [-0.15, -0.1) is 23.5 Å². The van der Waals surface area contributed by atoms with Crippen molar-refractivity contribution in [3.63, 3.8) is 0 Å². The lowest BCUT2D eigenvalue weighted by Gasteiger charge is -2.15. The Kier molecular flexibility index (Phi) is 4.52. The third kappa shape index (κ3) is 3.26. The maximum atomic E-state index is 12.5. The van der Waals surface area contributed by atoms with Crippen molar-refractivity contribution in [3.05, 3.63) is 45.9 Å². The van der Waals surface area contributed by atoms with Crippen molar-refractivity contribution in [3.8, 4) is 0 Å². The quantitative estimate of drug-likeness (QED) is 0.747. The van der Waals surface area contributed by atoms with Gasteiger partial charge in [0.2, 0.25) is 0 Å². The van der Waals surface area contributed by atoms with Crippen LogP contribution in [0.1, 0.15) is 5.76 Å². The average molecular weight is 423 g/mol. The van der Waals surface area contributed by atoms with Crippen LogP contribution in [0.4, 0.5) is 11.5 Å². The van der Waals surface area contributed by atoms with Crippen molar-refractivity contribution in [1.82, 2.24) is 5.16 Å². The topological polar surface area (TPSA) is 110 Å². The minimum atomic E-state index is -3.87. The van der Waals surface area contributed by atoms with Gasteiger partial charge in [0.25, 0.3) is 21.8 Å². The Morgan fingerprint density at radius 3 is 2.19 bits per heavy atom. The largest absolute Gasteiger partial charge is 0.360 e. The summed E-state index contributed by atoms with van der Waals surface area (Å²) < 4.78 is 32.0. The first-order valence-corrected chi connectivity index (χ1v) is 11.3. The number of benzene rings is 1. The van der Waals surface area contributed by atoms with Crippen molar-refractivity contribution in [2.24, 2.45) is 0 Å². The molecule has 8 nitrogen and oxygen atoms in total. The highest BCUT2D eigenvalue weighted by Crippen LogP contribution is 2.42. The molecule has 0 unspecified atom stereocenters. The van der Waals surface area contributed by atoms with E-state index in [2.05, 4.69) is 9.88 Å². The molecular formula is C16H13N3O5S3. The first-order chi connectivity index (χ1) is 12.9. The van der Waals surface area contributed by atoms with E-state index in [-0.39, 0.29) is 22.5 Å². The molecule has 0 fully saturated rings. The summed E-state index contributed by atoms with van der Waals surface area (Å²) in [4.78, 5) is 27.1. The number of carbonyl (C=O) groups excluding carboxylic acids is 2. The van der Waals surface area contributed by atoms with Crippen molar-refractivity contribution >= 4 is 56.9 Å². The van der Waals surface area contributed by atoms with Gasteiger partial charge in [-0.3, -0.25) is 14.3 Å². The normalized spacial score (nSPS) is 17.4. The van der Waals surface area contributed by atoms with E-state index in [1.165, 1.54) is 53.9 Å². The predicted molar refractivity (Wildman–Crippen MR) is 103 cm³/mol. The molecule has 0 aliphatic carbocycles. The molecule has 0 radical (unpaired) electrons. The number of aryl methyl sites for hydroxylation is 1. The number of thioether (sulfide) groups is 2. The maximum absolute atomic E-state index is 12.5. The molecule has 0 bridgehead atoms. The molecule has 3 heterocycles. The molecule has 2 aliphatic rings. The summed E-state index contributed by atoms with van der Waals surface area (Å²) in [5.74, 6) is 1.38. The second kappa shape index (κ2) is 6.73. The van der Waals surface area contributed by atoms with Crippen LogP contribution >= 0.6 is 23.5 Å². The molecule has 1 N–H and O–H groups in total. The summed E-state index contributed by atoms with van der Waals surface area (Å²) in [6.07, 6.45) is 0. The summed E-state index contributed by atoms with van der Waals surface area (Å²) in [6, 6.07) is 7.00. The highest BCUT2D eigenvalue weighted by Gasteiger charge is 2.41. The molecule has 1 aromatic carbocycles. The van der Waals surface area contributed by atoms with Gasteiger partial charge in [-0.25, -0.2) is 13.3 Å².